The molecule has 0 bridgehead atoms. The van der Waals surface area contributed by atoms with E-state index in [2.05, 4.69) is 97.0 Å². The van der Waals surface area contributed by atoms with Crippen molar-refractivity contribution in [2.24, 2.45) is 0 Å². The molecule has 4 aromatic rings. The third kappa shape index (κ3) is 4.64. The molecule has 1 saturated heterocycles. The predicted molar refractivity (Wildman–Crippen MR) is 132 cm³/mol. The van der Waals surface area contributed by atoms with Crippen molar-refractivity contribution in [2.75, 3.05) is 32.7 Å². The van der Waals surface area contributed by atoms with Gasteiger partial charge in [-0.3, -0.25) is 0 Å². The number of aromatic amines is 1. The maximum absolute atomic E-state index is 3.42. The van der Waals surface area contributed by atoms with Gasteiger partial charge < -0.3 is 14.8 Å². The molecule has 32 heavy (non-hydrogen) atoms. The number of fused-ring (bicyclic) bond motifs is 1. The molecule has 1 atom stereocenters. The van der Waals surface area contributed by atoms with Crippen molar-refractivity contribution in [1.29, 1.82) is 0 Å². The van der Waals surface area contributed by atoms with Crippen LogP contribution in [0.2, 0.25) is 0 Å². The lowest BCUT2D eigenvalue weighted by molar-refractivity contribution is -1.02. The molecule has 0 spiro atoms. The average Bonchev–Trinajstić information content (AvgIpc) is 3.25. The molecular formula is C29H35N3+2. The first-order valence-corrected chi connectivity index (χ1v) is 12.1. The lowest BCUT2D eigenvalue weighted by Gasteiger charge is -2.35. The molecule has 3 aromatic carbocycles. The molecule has 3 nitrogen and oxygen atoms in total. The van der Waals surface area contributed by atoms with Crippen molar-refractivity contribution in [3.8, 4) is 0 Å². The topological polar surface area (TPSA) is 24.7 Å². The van der Waals surface area contributed by atoms with Crippen LogP contribution in [0.5, 0.6) is 0 Å². The van der Waals surface area contributed by atoms with E-state index in [4.69, 9.17) is 0 Å². The number of H-pyrrole nitrogens is 1. The van der Waals surface area contributed by atoms with Gasteiger partial charge in [-0.25, -0.2) is 0 Å². The van der Waals surface area contributed by atoms with Crippen LogP contribution in [0.25, 0.3) is 10.9 Å². The van der Waals surface area contributed by atoms with Crippen LogP contribution < -0.4 is 9.80 Å². The number of aryl methyl sites for hydroxylation is 2. The zero-order chi connectivity index (χ0) is 21.8. The van der Waals surface area contributed by atoms with Crippen LogP contribution in [-0.2, 0) is 6.42 Å². The highest BCUT2D eigenvalue weighted by molar-refractivity contribution is 5.82. The zero-order valence-corrected chi connectivity index (χ0v) is 19.1. The van der Waals surface area contributed by atoms with Crippen LogP contribution in [0.4, 0.5) is 0 Å². The molecule has 0 radical (unpaired) electrons. The molecule has 5 rings (SSSR count). The van der Waals surface area contributed by atoms with Gasteiger partial charge in [-0.15, -0.1) is 0 Å². The Morgan fingerprint density at radius 3 is 2.25 bits per heavy atom. The SMILES string of the molecule is Cc1ccc([C@H](c2ccccc2)[NH+]2CC[NH+](CCCc3c[nH]c4ccccc34)CC2)cc1. The molecule has 3 heteroatoms. The summed E-state index contributed by atoms with van der Waals surface area (Å²) in [6.45, 7) is 8.43. The van der Waals surface area contributed by atoms with E-state index in [9.17, 15) is 0 Å². The van der Waals surface area contributed by atoms with E-state index in [0.29, 0.717) is 6.04 Å². The quantitative estimate of drug-likeness (QED) is 0.406. The molecule has 1 fully saturated rings. The van der Waals surface area contributed by atoms with E-state index in [-0.39, 0.29) is 0 Å². The van der Waals surface area contributed by atoms with Gasteiger partial charge in [-0.1, -0.05) is 78.4 Å². The highest BCUT2D eigenvalue weighted by Crippen LogP contribution is 2.20. The van der Waals surface area contributed by atoms with E-state index in [1.165, 1.54) is 78.7 Å². The molecule has 164 valence electrons. The van der Waals surface area contributed by atoms with Crippen LogP contribution in [0.15, 0.2) is 85.1 Å². The Kier molecular flexibility index (Phi) is 6.38. The number of rotatable bonds is 7. The van der Waals surface area contributed by atoms with E-state index in [1.54, 1.807) is 9.80 Å². The predicted octanol–water partition coefficient (Wildman–Crippen LogP) is 2.98. The van der Waals surface area contributed by atoms with Crippen LogP contribution in [0, 0.1) is 6.92 Å². The average molecular weight is 426 g/mol. The summed E-state index contributed by atoms with van der Waals surface area (Å²) in [4.78, 5) is 6.90. The number of quaternary nitrogens is 2. The highest BCUT2D eigenvalue weighted by atomic mass is 15.3. The number of aromatic nitrogens is 1. The first-order valence-electron chi connectivity index (χ1n) is 12.1. The molecule has 3 N–H and O–H groups in total. The highest BCUT2D eigenvalue weighted by Gasteiger charge is 2.31. The van der Waals surface area contributed by atoms with Gasteiger partial charge in [0.1, 0.15) is 32.2 Å². The second-order valence-electron chi connectivity index (χ2n) is 9.38. The first-order chi connectivity index (χ1) is 15.8. The summed E-state index contributed by atoms with van der Waals surface area (Å²) in [7, 11) is 0. The third-order valence-corrected chi connectivity index (χ3v) is 7.20. The number of nitrogens with one attached hydrogen (secondary N) is 3. The largest absolute Gasteiger partial charge is 0.361 e. The number of para-hydroxylation sites is 1. The van der Waals surface area contributed by atoms with Crippen LogP contribution in [-0.4, -0.2) is 37.7 Å². The van der Waals surface area contributed by atoms with Gasteiger partial charge in [0.25, 0.3) is 0 Å². The third-order valence-electron chi connectivity index (χ3n) is 7.20. The summed E-state index contributed by atoms with van der Waals surface area (Å²) in [6.07, 6.45) is 4.63. The van der Waals surface area contributed by atoms with Crippen LogP contribution in [0.1, 0.15) is 34.7 Å². The monoisotopic (exact) mass is 425 g/mol. The Morgan fingerprint density at radius 1 is 0.781 bits per heavy atom. The summed E-state index contributed by atoms with van der Waals surface area (Å²) in [5.74, 6) is 0. The summed E-state index contributed by atoms with van der Waals surface area (Å²) >= 11 is 0. The minimum atomic E-state index is 0.435. The van der Waals surface area contributed by atoms with Gasteiger partial charge >= 0.3 is 0 Å². The van der Waals surface area contributed by atoms with Crippen molar-refractivity contribution in [2.45, 2.75) is 25.8 Å². The van der Waals surface area contributed by atoms with Gasteiger partial charge in [-0.05, 0) is 25.0 Å². The summed E-state index contributed by atoms with van der Waals surface area (Å²) < 4.78 is 0. The fourth-order valence-corrected chi connectivity index (χ4v) is 5.40. The molecule has 1 aliphatic heterocycles. The molecule has 1 aromatic heterocycles. The summed E-state index contributed by atoms with van der Waals surface area (Å²) in [5.41, 5.74) is 6.94. The molecule has 0 unspecified atom stereocenters. The van der Waals surface area contributed by atoms with Crippen LogP contribution in [0.3, 0.4) is 0 Å². The van der Waals surface area contributed by atoms with Crippen molar-refractivity contribution < 1.29 is 9.80 Å². The molecular weight excluding hydrogens is 390 g/mol. The van der Waals surface area contributed by atoms with Gasteiger partial charge in [0.2, 0.25) is 0 Å². The van der Waals surface area contributed by atoms with Crippen molar-refractivity contribution in [3.05, 3.63) is 107 Å². The molecule has 2 heterocycles. The summed E-state index contributed by atoms with van der Waals surface area (Å²) in [6, 6.07) is 29.4. The Bertz CT molecular complexity index is 1120. The van der Waals surface area contributed by atoms with Crippen LogP contribution >= 0.6 is 0 Å². The first kappa shape index (κ1) is 21.0. The van der Waals surface area contributed by atoms with Crippen molar-refractivity contribution in [1.82, 2.24) is 4.98 Å². The lowest BCUT2D eigenvalue weighted by Crippen LogP contribution is -3.28. The zero-order valence-electron chi connectivity index (χ0n) is 19.1. The summed E-state index contributed by atoms with van der Waals surface area (Å²) in [5, 5.41) is 1.39. The number of piperazine rings is 1. The Morgan fingerprint density at radius 2 is 1.47 bits per heavy atom. The van der Waals surface area contributed by atoms with E-state index < -0.39 is 0 Å². The fraction of sp³-hybridized carbons (Fsp3) is 0.310. The fourth-order valence-electron chi connectivity index (χ4n) is 5.40. The van der Waals surface area contributed by atoms with Gasteiger partial charge in [0.05, 0.1) is 6.54 Å². The number of benzene rings is 3. The van der Waals surface area contributed by atoms with E-state index in [0.717, 1.165) is 0 Å². The van der Waals surface area contributed by atoms with Gasteiger partial charge in [0, 0.05) is 34.6 Å². The maximum Gasteiger partial charge on any atom is 0.139 e. The second-order valence-corrected chi connectivity index (χ2v) is 9.38. The smallest absolute Gasteiger partial charge is 0.139 e. The second kappa shape index (κ2) is 9.72. The standard InChI is InChI=1S/C29H33N3/c1-23-13-15-25(16-14-23)29(24-8-3-2-4-9-24)32-20-18-31(19-21-32)17-7-10-26-22-30-28-12-6-5-11-27(26)28/h2-6,8-9,11-16,22,29-30H,7,10,17-21H2,1H3/p+2/t29-/m0/s1. The minimum absolute atomic E-state index is 0.435. The van der Waals surface area contributed by atoms with Gasteiger partial charge in [0.15, 0.2) is 0 Å². The molecule has 0 aliphatic carbocycles. The van der Waals surface area contributed by atoms with Gasteiger partial charge in [-0.2, -0.15) is 0 Å². The number of hydrogen-bond acceptors (Lipinski definition) is 0. The maximum atomic E-state index is 3.42. The Balaban J connectivity index is 1.20. The number of hydrogen-bond donors (Lipinski definition) is 3. The Hall–Kier alpha value is -2.88. The van der Waals surface area contributed by atoms with E-state index >= 15 is 0 Å². The van der Waals surface area contributed by atoms with E-state index in [1.807, 2.05) is 0 Å². The Labute approximate surface area is 191 Å². The normalized spacial score (nSPS) is 19.8. The minimum Gasteiger partial charge on any atom is -0.361 e. The van der Waals surface area contributed by atoms with Crippen molar-refractivity contribution >= 4 is 10.9 Å². The molecule has 1 aliphatic rings. The lowest BCUT2D eigenvalue weighted by atomic mass is 9.95. The van der Waals surface area contributed by atoms with Crippen molar-refractivity contribution in [3.63, 3.8) is 0 Å². The molecule has 0 amide bonds. The molecule has 0 saturated carbocycles.